The summed E-state index contributed by atoms with van der Waals surface area (Å²) in [6.45, 7) is 9.05. The standard InChI is InChI=1S/C16H22FNO3S/c1-5-21-14(19)11-6-7-12(13(17)8-11)16(9-20-10-16)18-22-15(2,3)4/h6-8,18H,5,9-10H2,1-4H3. The lowest BCUT2D eigenvalue weighted by Gasteiger charge is -2.43. The number of benzene rings is 1. The van der Waals surface area contributed by atoms with Crippen LogP contribution in [0.1, 0.15) is 43.6 Å². The molecule has 0 spiro atoms. The highest BCUT2D eigenvalue weighted by Crippen LogP contribution is 2.36. The average molecular weight is 327 g/mol. The first-order chi connectivity index (χ1) is 10.3. The predicted octanol–water partition coefficient (Wildman–Crippen LogP) is 3.26. The van der Waals surface area contributed by atoms with E-state index in [4.69, 9.17) is 9.47 Å². The molecule has 4 nitrogen and oxygen atoms in total. The Labute approximate surface area is 134 Å². The van der Waals surface area contributed by atoms with Crippen LogP contribution >= 0.6 is 11.9 Å². The van der Waals surface area contributed by atoms with E-state index in [9.17, 15) is 9.18 Å². The van der Waals surface area contributed by atoms with Crippen LogP contribution in [0.3, 0.4) is 0 Å². The van der Waals surface area contributed by atoms with Gasteiger partial charge in [-0.2, -0.15) is 0 Å². The highest BCUT2D eigenvalue weighted by atomic mass is 32.2. The molecule has 6 heteroatoms. The number of carbonyl (C=O) groups excluding carboxylic acids is 1. The first kappa shape index (κ1) is 17.2. The third-order valence-electron chi connectivity index (χ3n) is 3.25. The van der Waals surface area contributed by atoms with Gasteiger partial charge in [-0.15, -0.1) is 0 Å². The van der Waals surface area contributed by atoms with Gasteiger partial charge in [-0.25, -0.2) is 13.9 Å². The molecule has 1 aromatic rings. The van der Waals surface area contributed by atoms with Gasteiger partial charge in [0.25, 0.3) is 0 Å². The molecule has 122 valence electrons. The summed E-state index contributed by atoms with van der Waals surface area (Å²) in [5.41, 5.74) is 0.195. The first-order valence-corrected chi connectivity index (χ1v) is 8.09. The first-order valence-electron chi connectivity index (χ1n) is 7.27. The Morgan fingerprint density at radius 3 is 2.59 bits per heavy atom. The molecule has 0 bridgehead atoms. The number of ether oxygens (including phenoxy) is 2. The topological polar surface area (TPSA) is 47.6 Å². The molecule has 0 radical (unpaired) electrons. The van der Waals surface area contributed by atoms with E-state index in [0.717, 1.165) is 0 Å². The summed E-state index contributed by atoms with van der Waals surface area (Å²) < 4.78 is 28.0. The van der Waals surface area contributed by atoms with E-state index < -0.39 is 17.3 Å². The largest absolute Gasteiger partial charge is 0.462 e. The second-order valence-electron chi connectivity index (χ2n) is 6.31. The average Bonchev–Trinajstić information content (AvgIpc) is 2.38. The zero-order valence-electron chi connectivity index (χ0n) is 13.4. The molecule has 1 heterocycles. The molecular weight excluding hydrogens is 305 g/mol. The van der Waals surface area contributed by atoms with Crippen LogP contribution in [0, 0.1) is 5.82 Å². The summed E-state index contributed by atoms with van der Waals surface area (Å²) in [6, 6.07) is 4.47. The van der Waals surface area contributed by atoms with E-state index in [1.54, 1.807) is 31.0 Å². The molecule has 0 aliphatic carbocycles. The van der Waals surface area contributed by atoms with Gasteiger partial charge in [0.2, 0.25) is 0 Å². The van der Waals surface area contributed by atoms with E-state index in [1.807, 2.05) is 0 Å². The lowest BCUT2D eigenvalue weighted by Crippen LogP contribution is -2.56. The van der Waals surface area contributed by atoms with Crippen LogP contribution in [-0.2, 0) is 15.0 Å². The fraction of sp³-hybridized carbons (Fsp3) is 0.562. The van der Waals surface area contributed by atoms with Crippen molar-refractivity contribution in [3.8, 4) is 0 Å². The van der Waals surface area contributed by atoms with Gasteiger partial charge >= 0.3 is 5.97 Å². The number of rotatable bonds is 5. The zero-order chi connectivity index (χ0) is 16.4. The van der Waals surface area contributed by atoms with Crippen molar-refractivity contribution in [2.24, 2.45) is 0 Å². The van der Waals surface area contributed by atoms with Crippen molar-refractivity contribution in [3.63, 3.8) is 0 Å². The molecule has 1 aromatic carbocycles. The Bertz CT molecular complexity index is 553. The van der Waals surface area contributed by atoms with Crippen LogP contribution in [0.5, 0.6) is 0 Å². The van der Waals surface area contributed by atoms with Crippen LogP contribution < -0.4 is 4.72 Å². The maximum atomic E-state index is 14.5. The number of hydrogen-bond donors (Lipinski definition) is 1. The maximum absolute atomic E-state index is 14.5. The van der Waals surface area contributed by atoms with Crippen molar-refractivity contribution in [2.45, 2.75) is 38.0 Å². The minimum absolute atomic E-state index is 0.00391. The Morgan fingerprint density at radius 1 is 1.45 bits per heavy atom. The molecule has 1 aliphatic heterocycles. The van der Waals surface area contributed by atoms with Gasteiger partial charge in [-0.3, -0.25) is 0 Å². The molecule has 1 N–H and O–H groups in total. The smallest absolute Gasteiger partial charge is 0.338 e. The van der Waals surface area contributed by atoms with Crippen LogP contribution in [0.25, 0.3) is 0 Å². The van der Waals surface area contributed by atoms with Crippen molar-refractivity contribution in [2.75, 3.05) is 19.8 Å². The Kier molecular flexibility index (Phi) is 5.14. The molecule has 0 saturated carbocycles. The summed E-state index contributed by atoms with van der Waals surface area (Å²) in [6.07, 6.45) is 0. The van der Waals surface area contributed by atoms with Gasteiger partial charge in [0.15, 0.2) is 0 Å². The minimum atomic E-state index is -0.546. The van der Waals surface area contributed by atoms with Gasteiger partial charge in [0, 0.05) is 10.3 Å². The van der Waals surface area contributed by atoms with Crippen molar-refractivity contribution in [1.29, 1.82) is 0 Å². The Balaban J connectivity index is 2.21. The number of nitrogens with one attached hydrogen (secondary N) is 1. The van der Waals surface area contributed by atoms with Crippen LogP contribution in [-0.4, -0.2) is 30.5 Å². The fourth-order valence-electron chi connectivity index (χ4n) is 2.07. The summed E-state index contributed by atoms with van der Waals surface area (Å²) in [5, 5.41) is 0. The van der Waals surface area contributed by atoms with Gasteiger partial charge in [-0.1, -0.05) is 18.0 Å². The third-order valence-corrected chi connectivity index (χ3v) is 4.35. The van der Waals surface area contributed by atoms with E-state index in [2.05, 4.69) is 25.5 Å². The Morgan fingerprint density at radius 2 is 2.14 bits per heavy atom. The third kappa shape index (κ3) is 3.80. The molecule has 0 amide bonds. The van der Waals surface area contributed by atoms with Crippen LogP contribution in [0.15, 0.2) is 18.2 Å². The minimum Gasteiger partial charge on any atom is -0.462 e. The fourth-order valence-corrected chi connectivity index (χ4v) is 2.80. The lowest BCUT2D eigenvalue weighted by atomic mass is 9.88. The van der Waals surface area contributed by atoms with Gasteiger partial charge in [0.05, 0.1) is 25.4 Å². The second-order valence-corrected chi connectivity index (χ2v) is 7.94. The highest BCUT2D eigenvalue weighted by molar-refractivity contribution is 7.98. The number of halogens is 1. The molecule has 22 heavy (non-hydrogen) atoms. The SMILES string of the molecule is CCOC(=O)c1ccc(C2(NSC(C)(C)C)COC2)c(F)c1. The maximum Gasteiger partial charge on any atom is 0.338 e. The molecular formula is C16H22FNO3S. The predicted molar refractivity (Wildman–Crippen MR) is 85.3 cm³/mol. The van der Waals surface area contributed by atoms with Gasteiger partial charge < -0.3 is 9.47 Å². The van der Waals surface area contributed by atoms with E-state index in [0.29, 0.717) is 18.8 Å². The van der Waals surface area contributed by atoms with Crippen LogP contribution in [0.2, 0.25) is 0 Å². The van der Waals surface area contributed by atoms with Crippen molar-refractivity contribution in [3.05, 3.63) is 35.1 Å². The number of carbonyl (C=O) groups is 1. The normalized spacial score (nSPS) is 17.0. The monoisotopic (exact) mass is 327 g/mol. The molecule has 1 saturated heterocycles. The van der Waals surface area contributed by atoms with Crippen molar-refractivity contribution in [1.82, 2.24) is 4.72 Å². The highest BCUT2D eigenvalue weighted by Gasteiger charge is 2.43. The van der Waals surface area contributed by atoms with Crippen molar-refractivity contribution < 1.29 is 18.7 Å². The van der Waals surface area contributed by atoms with Crippen molar-refractivity contribution >= 4 is 17.9 Å². The molecule has 0 atom stereocenters. The second kappa shape index (κ2) is 6.56. The molecule has 0 unspecified atom stereocenters. The molecule has 2 rings (SSSR count). The summed E-state index contributed by atoms with van der Waals surface area (Å²) in [5.74, 6) is -0.931. The summed E-state index contributed by atoms with van der Waals surface area (Å²) in [7, 11) is 0. The van der Waals surface area contributed by atoms with Gasteiger partial charge in [-0.05, 0) is 39.8 Å². The van der Waals surface area contributed by atoms with E-state index >= 15 is 0 Å². The van der Waals surface area contributed by atoms with Gasteiger partial charge in [0.1, 0.15) is 11.4 Å². The van der Waals surface area contributed by atoms with E-state index in [1.165, 1.54) is 6.07 Å². The summed E-state index contributed by atoms with van der Waals surface area (Å²) >= 11 is 1.55. The number of esters is 1. The van der Waals surface area contributed by atoms with E-state index in [-0.39, 0.29) is 16.9 Å². The molecule has 0 aromatic heterocycles. The molecule has 1 fully saturated rings. The Hall–Kier alpha value is -1.11. The summed E-state index contributed by atoms with van der Waals surface area (Å²) in [4.78, 5) is 11.7. The van der Waals surface area contributed by atoms with Crippen LogP contribution in [0.4, 0.5) is 4.39 Å². The lowest BCUT2D eigenvalue weighted by molar-refractivity contribution is -0.0668. The number of hydrogen-bond acceptors (Lipinski definition) is 5. The molecule has 1 aliphatic rings. The zero-order valence-corrected chi connectivity index (χ0v) is 14.2. The quantitative estimate of drug-likeness (QED) is 0.664.